The molecular weight excluding hydrogens is 340 g/mol. The maximum Gasteiger partial charge on any atom is 0.252 e. The Bertz CT molecular complexity index is 1080. The normalized spacial score (nSPS) is 11.2. The van der Waals surface area contributed by atoms with Crippen LogP contribution in [0.3, 0.4) is 0 Å². The van der Waals surface area contributed by atoms with Crippen molar-refractivity contribution in [2.75, 3.05) is 0 Å². The Morgan fingerprint density at radius 2 is 1.93 bits per heavy atom. The van der Waals surface area contributed by atoms with Crippen LogP contribution in [0.15, 0.2) is 60.9 Å². The van der Waals surface area contributed by atoms with Crippen molar-refractivity contribution < 1.29 is 4.79 Å². The summed E-state index contributed by atoms with van der Waals surface area (Å²) in [7, 11) is 0. The van der Waals surface area contributed by atoms with E-state index in [1.54, 1.807) is 10.9 Å². The van der Waals surface area contributed by atoms with E-state index >= 15 is 0 Å². The standard InChI is InChI=1S/C20H20N6O/c1-14(2)26-19-10-6-9-17(18(19)12-22-26)20(27)21-11-15-13-25(24-23-15)16-7-4-3-5-8-16/h3-10,12-14H,11H2,1-2H3,(H,21,27). The van der Waals surface area contributed by atoms with Crippen LogP contribution in [-0.4, -0.2) is 30.7 Å². The van der Waals surface area contributed by atoms with Gasteiger partial charge < -0.3 is 5.32 Å². The Kier molecular flexibility index (Phi) is 4.42. The van der Waals surface area contributed by atoms with Crippen LogP contribution in [0, 0.1) is 0 Å². The van der Waals surface area contributed by atoms with Gasteiger partial charge in [0, 0.05) is 11.4 Å². The highest BCUT2D eigenvalue weighted by Gasteiger charge is 2.14. The third-order valence-corrected chi connectivity index (χ3v) is 4.37. The number of carbonyl (C=O) groups is 1. The summed E-state index contributed by atoms with van der Waals surface area (Å²) in [6, 6.07) is 15.6. The van der Waals surface area contributed by atoms with Crippen LogP contribution in [0.2, 0.25) is 0 Å². The van der Waals surface area contributed by atoms with Gasteiger partial charge in [-0.2, -0.15) is 5.10 Å². The number of carbonyl (C=O) groups excluding carboxylic acids is 1. The fourth-order valence-electron chi connectivity index (χ4n) is 3.03. The molecule has 0 fully saturated rings. The number of para-hydroxylation sites is 1. The third kappa shape index (κ3) is 3.31. The fraction of sp³-hybridized carbons (Fsp3) is 0.200. The van der Waals surface area contributed by atoms with Crippen LogP contribution < -0.4 is 5.32 Å². The molecule has 136 valence electrons. The number of benzene rings is 2. The molecule has 0 aliphatic rings. The van der Waals surface area contributed by atoms with Crippen molar-refractivity contribution in [2.45, 2.75) is 26.4 Å². The minimum Gasteiger partial charge on any atom is -0.346 e. The van der Waals surface area contributed by atoms with Gasteiger partial charge >= 0.3 is 0 Å². The molecule has 1 amide bonds. The summed E-state index contributed by atoms with van der Waals surface area (Å²) in [4.78, 5) is 12.7. The molecule has 27 heavy (non-hydrogen) atoms. The molecule has 2 aromatic heterocycles. The van der Waals surface area contributed by atoms with Crippen LogP contribution >= 0.6 is 0 Å². The van der Waals surface area contributed by atoms with Gasteiger partial charge in [-0.25, -0.2) is 4.68 Å². The van der Waals surface area contributed by atoms with E-state index in [4.69, 9.17) is 0 Å². The molecule has 0 aliphatic carbocycles. The van der Waals surface area contributed by atoms with E-state index in [0.29, 0.717) is 17.8 Å². The van der Waals surface area contributed by atoms with Gasteiger partial charge in [0.2, 0.25) is 0 Å². The first-order chi connectivity index (χ1) is 13.1. The highest BCUT2D eigenvalue weighted by Crippen LogP contribution is 2.21. The second-order valence-electron chi connectivity index (χ2n) is 6.59. The smallest absolute Gasteiger partial charge is 0.252 e. The molecule has 7 nitrogen and oxygen atoms in total. The average Bonchev–Trinajstić information content (AvgIpc) is 3.33. The number of amides is 1. The number of nitrogens with one attached hydrogen (secondary N) is 1. The van der Waals surface area contributed by atoms with Gasteiger partial charge in [-0.05, 0) is 38.1 Å². The van der Waals surface area contributed by atoms with E-state index in [1.165, 1.54) is 0 Å². The van der Waals surface area contributed by atoms with Crippen LogP contribution in [0.4, 0.5) is 0 Å². The lowest BCUT2D eigenvalue weighted by molar-refractivity contribution is 0.0952. The lowest BCUT2D eigenvalue weighted by Gasteiger charge is -2.08. The van der Waals surface area contributed by atoms with Gasteiger partial charge in [0.25, 0.3) is 5.91 Å². The SMILES string of the molecule is CC(C)n1ncc2c(C(=O)NCc3cn(-c4ccccc4)nn3)cccc21. The Morgan fingerprint density at radius 1 is 1.11 bits per heavy atom. The van der Waals surface area contributed by atoms with Crippen molar-refractivity contribution in [2.24, 2.45) is 0 Å². The van der Waals surface area contributed by atoms with E-state index in [2.05, 4.69) is 34.6 Å². The van der Waals surface area contributed by atoms with Crippen LogP contribution in [0.1, 0.15) is 35.9 Å². The van der Waals surface area contributed by atoms with Gasteiger partial charge in [-0.1, -0.05) is 29.5 Å². The van der Waals surface area contributed by atoms with Crippen LogP contribution in [-0.2, 0) is 6.54 Å². The molecule has 4 rings (SSSR count). The average molecular weight is 360 g/mol. The lowest BCUT2D eigenvalue weighted by Crippen LogP contribution is -2.23. The summed E-state index contributed by atoms with van der Waals surface area (Å²) >= 11 is 0. The van der Waals surface area contributed by atoms with Crippen molar-refractivity contribution >= 4 is 16.8 Å². The largest absolute Gasteiger partial charge is 0.346 e. The number of nitrogens with zero attached hydrogens (tertiary/aromatic N) is 5. The minimum absolute atomic E-state index is 0.154. The van der Waals surface area contributed by atoms with Crippen LogP contribution in [0.5, 0.6) is 0 Å². The molecule has 2 aromatic carbocycles. The Balaban J connectivity index is 1.51. The number of hydrogen-bond donors (Lipinski definition) is 1. The second-order valence-corrected chi connectivity index (χ2v) is 6.59. The number of hydrogen-bond acceptors (Lipinski definition) is 4. The third-order valence-electron chi connectivity index (χ3n) is 4.37. The highest BCUT2D eigenvalue weighted by molar-refractivity contribution is 6.06. The molecule has 0 bridgehead atoms. The molecule has 0 unspecified atom stereocenters. The predicted molar refractivity (Wildman–Crippen MR) is 103 cm³/mol. The molecule has 0 spiro atoms. The van der Waals surface area contributed by atoms with E-state index in [0.717, 1.165) is 16.6 Å². The molecular formula is C20H20N6O. The van der Waals surface area contributed by atoms with Gasteiger partial charge in [0.1, 0.15) is 5.69 Å². The van der Waals surface area contributed by atoms with Gasteiger partial charge in [-0.3, -0.25) is 9.48 Å². The van der Waals surface area contributed by atoms with Crippen molar-refractivity contribution in [1.29, 1.82) is 0 Å². The van der Waals surface area contributed by atoms with Gasteiger partial charge in [0.05, 0.1) is 35.7 Å². The lowest BCUT2D eigenvalue weighted by atomic mass is 10.1. The summed E-state index contributed by atoms with van der Waals surface area (Å²) in [5.74, 6) is -0.154. The minimum atomic E-state index is -0.154. The molecule has 0 atom stereocenters. The quantitative estimate of drug-likeness (QED) is 0.593. The summed E-state index contributed by atoms with van der Waals surface area (Å²) in [6.45, 7) is 4.44. The maximum absolute atomic E-state index is 12.7. The summed E-state index contributed by atoms with van der Waals surface area (Å²) < 4.78 is 3.60. The zero-order valence-corrected chi connectivity index (χ0v) is 15.2. The number of fused-ring (bicyclic) bond motifs is 1. The summed E-state index contributed by atoms with van der Waals surface area (Å²) in [5, 5.41) is 16.4. The van der Waals surface area contributed by atoms with E-state index in [1.807, 2.05) is 59.4 Å². The van der Waals surface area contributed by atoms with E-state index < -0.39 is 0 Å². The number of rotatable bonds is 5. The monoisotopic (exact) mass is 360 g/mol. The summed E-state index contributed by atoms with van der Waals surface area (Å²) in [5.41, 5.74) is 3.17. The van der Waals surface area contributed by atoms with Crippen molar-refractivity contribution in [3.8, 4) is 5.69 Å². The molecule has 0 aliphatic heterocycles. The fourth-order valence-corrected chi connectivity index (χ4v) is 3.03. The van der Waals surface area contributed by atoms with E-state index in [9.17, 15) is 4.79 Å². The summed E-state index contributed by atoms with van der Waals surface area (Å²) in [6.07, 6.45) is 3.56. The Labute approximate surface area is 156 Å². The van der Waals surface area contributed by atoms with Crippen molar-refractivity contribution in [3.05, 3.63) is 72.2 Å². The first-order valence-electron chi connectivity index (χ1n) is 8.84. The number of aromatic nitrogens is 5. The van der Waals surface area contributed by atoms with Crippen molar-refractivity contribution in [1.82, 2.24) is 30.1 Å². The maximum atomic E-state index is 12.7. The van der Waals surface area contributed by atoms with Gasteiger partial charge in [0.15, 0.2) is 0 Å². The van der Waals surface area contributed by atoms with Crippen LogP contribution in [0.25, 0.3) is 16.6 Å². The van der Waals surface area contributed by atoms with Gasteiger partial charge in [-0.15, -0.1) is 5.10 Å². The molecule has 0 radical (unpaired) electrons. The highest BCUT2D eigenvalue weighted by atomic mass is 16.1. The molecule has 7 heteroatoms. The second kappa shape index (κ2) is 7.03. The first-order valence-corrected chi connectivity index (χ1v) is 8.84. The molecule has 0 saturated carbocycles. The van der Waals surface area contributed by atoms with Crippen molar-refractivity contribution in [3.63, 3.8) is 0 Å². The zero-order valence-electron chi connectivity index (χ0n) is 15.2. The molecule has 0 saturated heterocycles. The first kappa shape index (κ1) is 17.0. The zero-order chi connectivity index (χ0) is 18.8. The predicted octanol–water partition coefficient (Wildman–Crippen LogP) is 3.13. The molecule has 1 N–H and O–H groups in total. The molecule has 4 aromatic rings. The Hall–Kier alpha value is -3.48. The topological polar surface area (TPSA) is 77.6 Å². The molecule has 2 heterocycles. The van der Waals surface area contributed by atoms with E-state index in [-0.39, 0.29) is 11.9 Å². The Morgan fingerprint density at radius 3 is 2.70 bits per heavy atom.